The fraction of sp³-hybridized carbons (Fsp3) is 0.417. The number of benzene rings is 1. The lowest BCUT2D eigenvalue weighted by molar-refractivity contribution is 0.0697. The van der Waals surface area contributed by atoms with Crippen molar-refractivity contribution in [1.29, 1.82) is 0 Å². The van der Waals surface area contributed by atoms with Gasteiger partial charge in [-0.1, -0.05) is 11.6 Å². The van der Waals surface area contributed by atoms with Gasteiger partial charge in [-0.15, -0.1) is 0 Å². The molecule has 92 valence electrons. The maximum absolute atomic E-state index is 11.0. The minimum Gasteiger partial charge on any atom is -0.478 e. The van der Waals surface area contributed by atoms with Crippen LogP contribution in [0.3, 0.4) is 0 Å². The van der Waals surface area contributed by atoms with E-state index in [4.69, 9.17) is 21.4 Å². The molecular formula is C12H14ClNO3. The Bertz CT molecular complexity index is 416. The van der Waals surface area contributed by atoms with Crippen LogP contribution in [0.4, 0.5) is 5.69 Å². The van der Waals surface area contributed by atoms with E-state index >= 15 is 0 Å². The predicted octanol–water partition coefficient (Wildman–Crippen LogP) is 2.63. The van der Waals surface area contributed by atoms with E-state index in [2.05, 4.69) is 5.32 Å². The standard InChI is InChI=1S/C12H14ClNO3/c13-8-3-4-10(12(15)16)11(6-8)14-7-9-2-1-5-17-9/h3-4,6,9,14H,1-2,5,7H2,(H,15,16). The molecule has 0 amide bonds. The summed E-state index contributed by atoms with van der Waals surface area (Å²) in [6.07, 6.45) is 2.24. The number of hydrogen-bond donors (Lipinski definition) is 2. The average molecular weight is 256 g/mol. The molecule has 5 heteroatoms. The summed E-state index contributed by atoms with van der Waals surface area (Å²) in [6, 6.07) is 4.70. The summed E-state index contributed by atoms with van der Waals surface area (Å²) in [7, 11) is 0. The number of carboxylic acids is 1. The highest BCUT2D eigenvalue weighted by Gasteiger charge is 2.16. The summed E-state index contributed by atoms with van der Waals surface area (Å²) in [4.78, 5) is 11.0. The van der Waals surface area contributed by atoms with Gasteiger partial charge in [-0.05, 0) is 31.0 Å². The number of halogens is 1. The van der Waals surface area contributed by atoms with Crippen LogP contribution in [0.2, 0.25) is 5.02 Å². The van der Waals surface area contributed by atoms with Crippen molar-refractivity contribution in [2.75, 3.05) is 18.5 Å². The zero-order valence-corrected chi connectivity index (χ0v) is 10.0. The lowest BCUT2D eigenvalue weighted by Crippen LogP contribution is -2.19. The quantitative estimate of drug-likeness (QED) is 0.868. The predicted molar refractivity (Wildman–Crippen MR) is 65.9 cm³/mol. The molecule has 1 unspecified atom stereocenters. The molecular weight excluding hydrogens is 242 g/mol. The molecule has 1 atom stereocenters. The van der Waals surface area contributed by atoms with Crippen LogP contribution in [0.1, 0.15) is 23.2 Å². The van der Waals surface area contributed by atoms with E-state index in [1.54, 1.807) is 12.1 Å². The molecule has 2 rings (SSSR count). The molecule has 1 aliphatic heterocycles. The van der Waals surface area contributed by atoms with Gasteiger partial charge in [-0.2, -0.15) is 0 Å². The van der Waals surface area contributed by atoms with Crippen molar-refractivity contribution in [3.63, 3.8) is 0 Å². The van der Waals surface area contributed by atoms with E-state index in [-0.39, 0.29) is 11.7 Å². The molecule has 0 aliphatic carbocycles. The Balaban J connectivity index is 2.07. The minimum absolute atomic E-state index is 0.163. The molecule has 0 bridgehead atoms. The zero-order chi connectivity index (χ0) is 12.3. The fourth-order valence-electron chi connectivity index (χ4n) is 1.88. The molecule has 4 nitrogen and oxygen atoms in total. The summed E-state index contributed by atoms with van der Waals surface area (Å²) in [5.41, 5.74) is 0.771. The van der Waals surface area contributed by atoms with Gasteiger partial charge in [-0.25, -0.2) is 4.79 Å². The zero-order valence-electron chi connectivity index (χ0n) is 9.28. The van der Waals surface area contributed by atoms with Gasteiger partial charge in [0.15, 0.2) is 0 Å². The van der Waals surface area contributed by atoms with Gasteiger partial charge in [-0.3, -0.25) is 0 Å². The van der Waals surface area contributed by atoms with E-state index < -0.39 is 5.97 Å². The molecule has 1 aromatic carbocycles. The minimum atomic E-state index is -0.962. The van der Waals surface area contributed by atoms with E-state index in [0.29, 0.717) is 17.3 Å². The van der Waals surface area contributed by atoms with Gasteiger partial charge in [0.2, 0.25) is 0 Å². The Kier molecular flexibility index (Phi) is 3.86. The first-order chi connectivity index (χ1) is 8.16. The Morgan fingerprint density at radius 3 is 3.06 bits per heavy atom. The third-order valence-corrected chi connectivity index (χ3v) is 2.99. The number of carbonyl (C=O) groups is 1. The van der Waals surface area contributed by atoms with Crippen molar-refractivity contribution in [3.8, 4) is 0 Å². The summed E-state index contributed by atoms with van der Waals surface area (Å²) in [5, 5.41) is 12.6. The highest BCUT2D eigenvalue weighted by molar-refractivity contribution is 6.31. The normalized spacial score (nSPS) is 19.2. The lowest BCUT2D eigenvalue weighted by Gasteiger charge is -2.13. The number of hydrogen-bond acceptors (Lipinski definition) is 3. The second-order valence-electron chi connectivity index (χ2n) is 4.01. The number of carboxylic acid groups (broad SMARTS) is 1. The van der Waals surface area contributed by atoms with Crippen LogP contribution < -0.4 is 5.32 Å². The molecule has 1 aromatic rings. The number of ether oxygens (including phenoxy) is 1. The lowest BCUT2D eigenvalue weighted by atomic mass is 10.1. The van der Waals surface area contributed by atoms with Crippen molar-refractivity contribution in [3.05, 3.63) is 28.8 Å². The molecule has 1 saturated heterocycles. The van der Waals surface area contributed by atoms with Crippen molar-refractivity contribution in [1.82, 2.24) is 0 Å². The molecule has 0 radical (unpaired) electrons. The summed E-state index contributed by atoms with van der Waals surface area (Å²) >= 11 is 5.85. The molecule has 0 aromatic heterocycles. The number of aromatic carboxylic acids is 1. The maximum atomic E-state index is 11.0. The molecule has 0 spiro atoms. The molecule has 1 fully saturated rings. The third kappa shape index (κ3) is 3.11. The average Bonchev–Trinajstić information content (AvgIpc) is 2.78. The van der Waals surface area contributed by atoms with Crippen LogP contribution in [0.25, 0.3) is 0 Å². The Labute approximate surface area is 105 Å². The number of nitrogens with one attached hydrogen (secondary N) is 1. The summed E-state index contributed by atoms with van der Waals surface area (Å²) in [6.45, 7) is 1.40. The maximum Gasteiger partial charge on any atom is 0.337 e. The SMILES string of the molecule is O=C(O)c1ccc(Cl)cc1NCC1CCCO1. The highest BCUT2D eigenvalue weighted by atomic mass is 35.5. The van der Waals surface area contributed by atoms with Crippen molar-refractivity contribution in [2.24, 2.45) is 0 Å². The van der Waals surface area contributed by atoms with Crippen molar-refractivity contribution < 1.29 is 14.6 Å². The first-order valence-electron chi connectivity index (χ1n) is 5.55. The molecule has 0 saturated carbocycles. The first-order valence-corrected chi connectivity index (χ1v) is 5.93. The van der Waals surface area contributed by atoms with Crippen molar-refractivity contribution in [2.45, 2.75) is 18.9 Å². The number of anilines is 1. The van der Waals surface area contributed by atoms with Gasteiger partial charge in [0.1, 0.15) is 0 Å². The van der Waals surface area contributed by atoms with E-state index in [0.717, 1.165) is 19.4 Å². The van der Waals surface area contributed by atoms with Crippen LogP contribution >= 0.6 is 11.6 Å². The molecule has 17 heavy (non-hydrogen) atoms. The van der Waals surface area contributed by atoms with Gasteiger partial charge in [0.05, 0.1) is 17.4 Å². The van der Waals surface area contributed by atoms with Crippen LogP contribution in [0.5, 0.6) is 0 Å². The van der Waals surface area contributed by atoms with Gasteiger partial charge in [0.25, 0.3) is 0 Å². The topological polar surface area (TPSA) is 58.6 Å². The van der Waals surface area contributed by atoms with Crippen LogP contribution in [-0.2, 0) is 4.74 Å². The monoisotopic (exact) mass is 255 g/mol. The Hall–Kier alpha value is -1.26. The van der Waals surface area contributed by atoms with Gasteiger partial charge >= 0.3 is 5.97 Å². The van der Waals surface area contributed by atoms with Crippen molar-refractivity contribution >= 4 is 23.3 Å². The Morgan fingerprint density at radius 2 is 2.41 bits per heavy atom. The largest absolute Gasteiger partial charge is 0.478 e. The van der Waals surface area contributed by atoms with E-state index in [1.807, 2.05) is 0 Å². The van der Waals surface area contributed by atoms with E-state index in [1.165, 1.54) is 6.07 Å². The van der Waals surface area contributed by atoms with Gasteiger partial charge in [0, 0.05) is 18.2 Å². The summed E-state index contributed by atoms with van der Waals surface area (Å²) in [5.74, 6) is -0.962. The van der Waals surface area contributed by atoms with Gasteiger partial charge < -0.3 is 15.2 Å². The Morgan fingerprint density at radius 1 is 1.59 bits per heavy atom. The molecule has 1 heterocycles. The second-order valence-corrected chi connectivity index (χ2v) is 4.45. The molecule has 1 aliphatic rings. The van der Waals surface area contributed by atoms with Crippen LogP contribution in [0, 0.1) is 0 Å². The van der Waals surface area contributed by atoms with E-state index in [9.17, 15) is 4.79 Å². The second kappa shape index (κ2) is 5.38. The smallest absolute Gasteiger partial charge is 0.337 e. The number of rotatable bonds is 4. The molecule has 2 N–H and O–H groups in total. The third-order valence-electron chi connectivity index (χ3n) is 2.76. The summed E-state index contributed by atoms with van der Waals surface area (Å²) < 4.78 is 5.46. The highest BCUT2D eigenvalue weighted by Crippen LogP contribution is 2.22. The first kappa shape index (κ1) is 12.2. The van der Waals surface area contributed by atoms with Crippen LogP contribution in [0.15, 0.2) is 18.2 Å². The van der Waals surface area contributed by atoms with Crippen LogP contribution in [-0.4, -0.2) is 30.3 Å². The fourth-order valence-corrected chi connectivity index (χ4v) is 2.05.